The van der Waals surface area contributed by atoms with Crippen LogP contribution in [0.15, 0.2) is 126 Å². The molecule has 1 saturated carbocycles. The summed E-state index contributed by atoms with van der Waals surface area (Å²) < 4.78 is 43.3. The summed E-state index contributed by atoms with van der Waals surface area (Å²) >= 11 is 0. The van der Waals surface area contributed by atoms with Crippen molar-refractivity contribution in [1.29, 1.82) is 5.26 Å². The van der Waals surface area contributed by atoms with Crippen molar-refractivity contribution in [2.24, 2.45) is 28.6 Å². The van der Waals surface area contributed by atoms with Crippen molar-refractivity contribution in [2.75, 3.05) is 36.5 Å². The normalized spacial score (nSPS) is 15.9. The number of benzene rings is 4. The minimum absolute atomic E-state index is 0. The van der Waals surface area contributed by atoms with Gasteiger partial charge in [0, 0.05) is 66.7 Å². The number of anilines is 2. The number of hydrazine groups is 1. The molecule has 10 aromatic rings. The molecule has 6 aromatic heterocycles. The number of aromatic nitrogens is 9. The van der Waals surface area contributed by atoms with Gasteiger partial charge in [0.2, 0.25) is 15.7 Å². The molecule has 0 radical (unpaired) electrons. The van der Waals surface area contributed by atoms with E-state index in [9.17, 15) is 53.0 Å². The summed E-state index contributed by atoms with van der Waals surface area (Å²) in [5.74, 6) is 0.785. The Morgan fingerprint density at radius 3 is 1.72 bits per heavy atom. The zero-order chi connectivity index (χ0) is 88.6. The van der Waals surface area contributed by atoms with Crippen LogP contribution in [0.25, 0.3) is 74.5 Å². The number of aryl methyl sites for hydroxylation is 1. The number of carbonyl (C=O) groups excluding carboxylic acids is 4. The monoisotopic (exact) mass is 1750 g/mol. The maximum atomic E-state index is 13.7. The molecule has 12 rings (SSSR count). The van der Waals surface area contributed by atoms with Gasteiger partial charge in [0.25, 0.3) is 23.3 Å². The number of amides is 3. The molecular formula is C93H116KN15Na2O12S. The van der Waals surface area contributed by atoms with Gasteiger partial charge in [-0.05, 0) is 120 Å². The summed E-state index contributed by atoms with van der Waals surface area (Å²) in [6.07, 6.45) is 18.9. The zero-order valence-electron chi connectivity index (χ0n) is 75.9. The van der Waals surface area contributed by atoms with Crippen molar-refractivity contribution in [3.8, 4) is 45.7 Å². The number of ether oxygens (including phenoxy) is 2. The van der Waals surface area contributed by atoms with Gasteiger partial charge in [0.1, 0.15) is 40.5 Å². The van der Waals surface area contributed by atoms with Crippen LogP contribution in [0.5, 0.6) is 5.75 Å². The molecule has 27 nitrogen and oxygen atoms in total. The van der Waals surface area contributed by atoms with Crippen LogP contribution < -0.4 is 162 Å². The number of nitrogens with one attached hydrogen (secondary N) is 2. The number of allylic oxidation sites excluding steroid dienone is 1. The quantitative estimate of drug-likeness (QED) is 0.0206. The summed E-state index contributed by atoms with van der Waals surface area (Å²) in [5.41, 5.74) is 7.19. The van der Waals surface area contributed by atoms with Crippen LogP contribution in [-0.2, 0) is 51.2 Å². The topological polar surface area (TPSA) is 356 Å². The van der Waals surface area contributed by atoms with E-state index in [0.29, 0.717) is 86.8 Å². The van der Waals surface area contributed by atoms with Crippen molar-refractivity contribution < 1.29 is 164 Å². The molecule has 124 heavy (non-hydrogen) atoms. The molecule has 1 aliphatic carbocycles. The maximum absolute atomic E-state index is 13.7. The Bertz CT molecular complexity index is 5790. The Morgan fingerprint density at radius 2 is 1.22 bits per heavy atom. The Morgan fingerprint density at radius 1 is 0.685 bits per heavy atom. The average molecular weight is 1750 g/mol. The maximum Gasteiger partial charge on any atom is 1.00 e. The van der Waals surface area contributed by atoms with Gasteiger partial charge in [-0.25, -0.2) is 32.7 Å². The first-order valence-corrected chi connectivity index (χ1v) is 43.0. The molecule has 3 amide bonds. The van der Waals surface area contributed by atoms with E-state index in [1.807, 2.05) is 54.6 Å². The van der Waals surface area contributed by atoms with Crippen LogP contribution in [-0.4, -0.2) is 118 Å². The first-order valence-electron chi connectivity index (χ1n) is 41.4. The predicted octanol–water partition coefficient (Wildman–Crippen LogP) is 3.64. The Balaban J connectivity index is 0.000000309. The van der Waals surface area contributed by atoms with Crippen molar-refractivity contribution in [3.63, 3.8) is 0 Å². The summed E-state index contributed by atoms with van der Waals surface area (Å²) in [6.45, 7) is 41.6. The van der Waals surface area contributed by atoms with Crippen molar-refractivity contribution >= 4 is 86.6 Å². The van der Waals surface area contributed by atoms with E-state index in [0.717, 1.165) is 59.5 Å². The van der Waals surface area contributed by atoms with Gasteiger partial charge in [-0.15, -0.1) is 33.6 Å². The molecule has 2 aliphatic rings. The molecule has 2 N–H and O–H groups in total. The minimum atomic E-state index is -3.38. The number of hydrogen-bond donors (Lipinski definition) is 2. The number of unbranched alkanes of at least 4 members (excludes halogenated alkanes) is 9. The van der Waals surface area contributed by atoms with E-state index in [1.54, 1.807) is 76.5 Å². The Kier molecular flexibility index (Phi) is 38.6. The summed E-state index contributed by atoms with van der Waals surface area (Å²) in [6, 6.07) is 33.5. The summed E-state index contributed by atoms with van der Waals surface area (Å²) in [5, 5.41) is 63.1. The summed E-state index contributed by atoms with van der Waals surface area (Å²) in [7, 11) is -0.247. The third kappa shape index (κ3) is 25.9. The smallest absolute Gasteiger partial charge is 0.877 e. The zero-order valence-corrected chi connectivity index (χ0v) is 83.9. The van der Waals surface area contributed by atoms with E-state index in [4.69, 9.17) is 21.0 Å². The number of hydrogen-bond acceptors (Lipinski definition) is 19. The SMILES string of the molecule is CC=C1C(=O)N(C)N(C)C1=O.CCC(C)(C)c1ccc(OCC(=O)Nc2nc3c(C#N)c(-c4ccccc4)cn3c(=O)/c2=C/[O-])cc1.CCCCCCCCCCCCS(=O)(=O)Nc1ccc(-c2nc3/c(=C\[O-])c(C)nn3n2)cc1.[C-]#[N+]c1c(CC(=O)OC2C(C(C)(C)C)CC(C)CC2C(C)(C)C)c2nc(-c3ccc(C(C)(C)C)cc3)nn2/c1=C\[O-].[HH].[K+].[Na+].[Na+]. The van der Waals surface area contributed by atoms with Gasteiger partial charge >= 0.3 is 116 Å². The van der Waals surface area contributed by atoms with E-state index in [-0.39, 0.29) is 221 Å². The van der Waals surface area contributed by atoms with Crippen molar-refractivity contribution in [1.82, 2.24) is 53.8 Å². The number of rotatable bonds is 25. The third-order valence-corrected chi connectivity index (χ3v) is 24.1. The molecular weight excluding hydrogens is 1640 g/mol. The molecule has 0 bridgehead atoms. The first kappa shape index (κ1) is 104. The number of likely N-dealkylation sites (N-methyl/N-ethyl adjacent to an activating group) is 2. The van der Waals surface area contributed by atoms with Gasteiger partial charge < -0.3 is 30.1 Å². The molecule has 2 unspecified atom stereocenters. The average Bonchev–Trinajstić information content (AvgIpc) is 1.67. The molecule has 644 valence electrons. The fourth-order valence-corrected chi connectivity index (χ4v) is 16.2. The third-order valence-electron chi connectivity index (χ3n) is 22.7. The van der Waals surface area contributed by atoms with Crippen molar-refractivity contribution in [2.45, 2.75) is 218 Å². The Hall–Kier alpha value is -8.40. The van der Waals surface area contributed by atoms with Crippen molar-refractivity contribution in [3.05, 3.63) is 186 Å². The van der Waals surface area contributed by atoms with Crippen LogP contribution in [0.2, 0.25) is 0 Å². The predicted molar refractivity (Wildman–Crippen MR) is 467 cm³/mol. The van der Waals surface area contributed by atoms with Gasteiger partial charge in [0.15, 0.2) is 29.6 Å². The van der Waals surface area contributed by atoms with E-state index in [1.165, 1.54) is 81.9 Å². The minimum Gasteiger partial charge on any atom is -0.877 e. The molecule has 31 heteroatoms. The molecule has 1 saturated heterocycles. The number of sulfonamides is 1. The molecule has 0 spiro atoms. The van der Waals surface area contributed by atoms with Crippen LogP contribution in [0.3, 0.4) is 0 Å². The molecule has 1 aliphatic heterocycles. The van der Waals surface area contributed by atoms with Gasteiger partial charge in [-0.3, -0.25) is 43.1 Å². The van der Waals surface area contributed by atoms with E-state index >= 15 is 0 Å². The number of fused-ring (bicyclic) bond motifs is 3. The first-order chi connectivity index (χ1) is 57.3. The second kappa shape index (κ2) is 45.8. The Labute approximate surface area is 816 Å². The largest absolute Gasteiger partial charge is 1.00 e. The van der Waals surface area contributed by atoms with Crippen LogP contribution in [0, 0.1) is 53.4 Å². The van der Waals surface area contributed by atoms with Crippen LogP contribution in [0.1, 0.15) is 217 Å². The second-order valence-corrected chi connectivity index (χ2v) is 36.8. The van der Waals surface area contributed by atoms with E-state index < -0.39 is 27.5 Å². The van der Waals surface area contributed by atoms with Gasteiger partial charge in [0.05, 0.1) is 35.0 Å². The standard InChI is InChI=1S/C34H46N4O3.C28H26N4O4.C24H35N5O3S.C7H10N2O2.K.2Na.H2/c1-20-16-24(33(5,6)7)29(25(17-20)34(8,9)10)41-27(40)18-23-28(35-11)26(19-39)38-31(23)36-30(37-38)21-12-14-22(15-13-21)32(2,3)4;1-4-28(2,3)19-10-12-20(13-11-19)36-17-24(34)30-25-23(16-33)27(35)32-15-22(18-8-6-5-7-9-18)21(14-29)26(32)31-25;1-3-4-5-6-7-8-9-10-11-12-17-33(31,32)28-21-15-13-20(14-16-21)23-25-24-22(18-30)19(2)26-29(24)27-23;1-4-5-6(10)8(2)9(3)7(5)11;;;;/h12-15,19-20,24-25,29,39H,16-18H2,1-10H3;5-13,15-16,33H,4,17H2,1-3H3,(H,30,31,34);13-16,18,28,30H,3-12,17H2,1-2H3;4H,1-3H3;;;;1H/q;;;;3*+1;/p-3/b26-19-;23-16+;22-18-;;;;;. The molecule has 4 aromatic carbocycles. The van der Waals surface area contributed by atoms with Gasteiger partial charge in [-0.1, -0.05) is 228 Å². The molecule has 2 atom stereocenters. The second-order valence-electron chi connectivity index (χ2n) is 35.0. The fourth-order valence-electron chi connectivity index (χ4n) is 15.0. The number of nitriles is 1. The fraction of sp³-hybridized carbons (Fsp3) is 0.452. The number of nitrogens with zero attached hydrogens (tertiary/aromatic N) is 13. The molecule has 7 heterocycles. The van der Waals surface area contributed by atoms with Crippen LogP contribution in [0.4, 0.5) is 17.2 Å². The number of esters is 1. The molecule has 2 fully saturated rings. The number of carbonyl (C=O) groups is 4. The van der Waals surface area contributed by atoms with E-state index in [2.05, 4.69) is 143 Å². The van der Waals surface area contributed by atoms with Crippen LogP contribution >= 0.6 is 0 Å². The van der Waals surface area contributed by atoms with Gasteiger partial charge in [-0.2, -0.15) is 10.4 Å². The summed E-state index contributed by atoms with van der Waals surface area (Å²) in [4.78, 5) is 78.5.